The Morgan fingerprint density at radius 2 is 1.74 bits per heavy atom. The molecule has 0 bridgehead atoms. The number of aliphatic hydroxyl groups excluding tert-OH is 1. The van der Waals surface area contributed by atoms with E-state index < -0.39 is 0 Å². The van der Waals surface area contributed by atoms with E-state index in [-0.39, 0.29) is 24.5 Å². The maximum atomic E-state index is 11.7. The van der Waals surface area contributed by atoms with Crippen molar-refractivity contribution in [3.8, 4) is 0 Å². The maximum Gasteiger partial charge on any atom is 0.241 e. The van der Waals surface area contributed by atoms with Gasteiger partial charge in [0, 0.05) is 26.2 Å². The average molecular weight is 269 g/mol. The number of aliphatic hydroxyl groups is 1. The number of nitrogens with one attached hydrogen (secondary N) is 1. The molecule has 2 fully saturated rings. The normalized spacial score (nSPS) is 21.6. The van der Waals surface area contributed by atoms with Gasteiger partial charge in [-0.2, -0.15) is 0 Å². The number of rotatable bonds is 4. The number of amides is 2. The Kier molecular flexibility index (Phi) is 5.15. The molecule has 2 aliphatic heterocycles. The third kappa shape index (κ3) is 4.47. The van der Waals surface area contributed by atoms with E-state index in [0.29, 0.717) is 6.54 Å². The van der Waals surface area contributed by atoms with Crippen molar-refractivity contribution in [3.63, 3.8) is 0 Å². The van der Waals surface area contributed by atoms with Gasteiger partial charge in [-0.25, -0.2) is 0 Å². The minimum absolute atomic E-state index is 0.0138. The van der Waals surface area contributed by atoms with E-state index in [9.17, 15) is 14.7 Å². The van der Waals surface area contributed by atoms with E-state index in [4.69, 9.17) is 0 Å². The van der Waals surface area contributed by atoms with Gasteiger partial charge < -0.3 is 15.3 Å². The molecular weight excluding hydrogens is 246 g/mol. The summed E-state index contributed by atoms with van der Waals surface area (Å²) in [6.07, 6.45) is 3.35. The molecule has 2 N–H and O–H groups in total. The molecule has 0 aromatic carbocycles. The van der Waals surface area contributed by atoms with E-state index in [1.807, 2.05) is 4.90 Å². The standard InChI is InChI=1S/C13H23N3O3/c17-11-3-7-15(8-4-11)10-12(18)14-9-13(19)16-5-1-2-6-16/h11,17H,1-10H2,(H,14,18). The van der Waals surface area contributed by atoms with Gasteiger partial charge >= 0.3 is 0 Å². The van der Waals surface area contributed by atoms with Gasteiger partial charge in [0.15, 0.2) is 0 Å². The maximum absolute atomic E-state index is 11.7. The van der Waals surface area contributed by atoms with Gasteiger partial charge in [0.1, 0.15) is 0 Å². The fourth-order valence-electron chi connectivity index (χ4n) is 2.59. The molecule has 19 heavy (non-hydrogen) atoms. The summed E-state index contributed by atoms with van der Waals surface area (Å²) in [4.78, 5) is 27.3. The second kappa shape index (κ2) is 6.86. The van der Waals surface area contributed by atoms with E-state index in [1.54, 1.807) is 4.90 Å². The van der Waals surface area contributed by atoms with Gasteiger partial charge in [-0.3, -0.25) is 14.5 Å². The monoisotopic (exact) mass is 269 g/mol. The minimum atomic E-state index is -0.226. The zero-order chi connectivity index (χ0) is 13.7. The Hall–Kier alpha value is -1.14. The van der Waals surface area contributed by atoms with Crippen molar-refractivity contribution in [1.29, 1.82) is 0 Å². The first-order valence-electron chi connectivity index (χ1n) is 7.10. The van der Waals surface area contributed by atoms with Crippen molar-refractivity contribution in [2.24, 2.45) is 0 Å². The summed E-state index contributed by atoms with van der Waals surface area (Å²) in [6.45, 7) is 3.55. The summed E-state index contributed by atoms with van der Waals surface area (Å²) in [6, 6.07) is 0. The minimum Gasteiger partial charge on any atom is -0.393 e. The third-order valence-corrected chi connectivity index (χ3v) is 3.82. The van der Waals surface area contributed by atoms with Crippen LogP contribution in [-0.2, 0) is 9.59 Å². The number of hydrogen-bond donors (Lipinski definition) is 2. The quantitative estimate of drug-likeness (QED) is 0.699. The summed E-state index contributed by atoms with van der Waals surface area (Å²) < 4.78 is 0. The molecule has 0 spiro atoms. The lowest BCUT2D eigenvalue weighted by Gasteiger charge is -2.28. The van der Waals surface area contributed by atoms with Gasteiger partial charge in [0.05, 0.1) is 19.2 Å². The Morgan fingerprint density at radius 3 is 2.37 bits per heavy atom. The van der Waals surface area contributed by atoms with Crippen molar-refractivity contribution in [3.05, 3.63) is 0 Å². The lowest BCUT2D eigenvalue weighted by Crippen LogP contribution is -2.45. The SMILES string of the molecule is O=C(CN1CCC(O)CC1)NCC(=O)N1CCCC1. The fraction of sp³-hybridized carbons (Fsp3) is 0.846. The Labute approximate surface area is 113 Å². The van der Waals surface area contributed by atoms with Gasteiger partial charge in [-0.1, -0.05) is 0 Å². The molecule has 0 aliphatic carbocycles. The van der Waals surface area contributed by atoms with E-state index in [1.165, 1.54) is 0 Å². The first kappa shape index (κ1) is 14.3. The number of piperidine rings is 1. The highest BCUT2D eigenvalue weighted by Crippen LogP contribution is 2.09. The molecule has 0 atom stereocenters. The predicted molar refractivity (Wildman–Crippen MR) is 70.5 cm³/mol. The molecule has 2 saturated heterocycles. The summed E-state index contributed by atoms with van der Waals surface area (Å²) in [7, 11) is 0. The topological polar surface area (TPSA) is 72.9 Å². The summed E-state index contributed by atoms with van der Waals surface area (Å²) in [5.74, 6) is -0.0937. The Balaban J connectivity index is 1.62. The van der Waals surface area contributed by atoms with Crippen molar-refractivity contribution < 1.29 is 14.7 Å². The average Bonchev–Trinajstić information content (AvgIpc) is 2.93. The molecule has 0 radical (unpaired) electrons. The molecule has 0 aromatic rings. The van der Waals surface area contributed by atoms with Crippen LogP contribution in [0.5, 0.6) is 0 Å². The molecule has 6 nitrogen and oxygen atoms in total. The van der Waals surface area contributed by atoms with E-state index >= 15 is 0 Å². The van der Waals surface area contributed by atoms with Crippen molar-refractivity contribution in [2.45, 2.75) is 31.8 Å². The van der Waals surface area contributed by atoms with Crippen LogP contribution >= 0.6 is 0 Å². The Bertz CT molecular complexity index is 321. The molecule has 0 aromatic heterocycles. The number of nitrogens with zero attached hydrogens (tertiary/aromatic N) is 2. The van der Waals surface area contributed by atoms with Crippen LogP contribution in [-0.4, -0.2) is 72.1 Å². The zero-order valence-corrected chi connectivity index (χ0v) is 11.3. The first-order chi connectivity index (χ1) is 9.15. The van der Waals surface area contributed by atoms with Crippen molar-refractivity contribution in [1.82, 2.24) is 15.1 Å². The number of likely N-dealkylation sites (tertiary alicyclic amines) is 2. The second-order valence-electron chi connectivity index (χ2n) is 5.37. The molecule has 2 heterocycles. The number of carbonyl (C=O) groups excluding carboxylic acids is 2. The summed E-state index contributed by atoms with van der Waals surface area (Å²) >= 11 is 0. The van der Waals surface area contributed by atoms with Gasteiger partial charge in [-0.15, -0.1) is 0 Å². The third-order valence-electron chi connectivity index (χ3n) is 3.82. The number of hydrogen-bond acceptors (Lipinski definition) is 4. The van der Waals surface area contributed by atoms with Crippen LogP contribution in [0.25, 0.3) is 0 Å². The zero-order valence-electron chi connectivity index (χ0n) is 11.3. The van der Waals surface area contributed by atoms with Gasteiger partial charge in [0.2, 0.25) is 11.8 Å². The molecule has 6 heteroatoms. The lowest BCUT2D eigenvalue weighted by molar-refractivity contribution is -0.132. The molecule has 2 amide bonds. The van der Waals surface area contributed by atoms with Gasteiger partial charge in [-0.05, 0) is 25.7 Å². The largest absolute Gasteiger partial charge is 0.393 e. The highest BCUT2D eigenvalue weighted by molar-refractivity contribution is 5.85. The second-order valence-corrected chi connectivity index (χ2v) is 5.37. The Morgan fingerprint density at radius 1 is 1.11 bits per heavy atom. The molecule has 108 valence electrons. The van der Waals surface area contributed by atoms with Crippen LogP contribution in [0, 0.1) is 0 Å². The highest BCUT2D eigenvalue weighted by Gasteiger charge is 2.21. The van der Waals surface area contributed by atoms with Crippen LogP contribution < -0.4 is 5.32 Å². The van der Waals surface area contributed by atoms with Crippen LogP contribution in [0.4, 0.5) is 0 Å². The summed E-state index contributed by atoms with van der Waals surface area (Å²) in [5.41, 5.74) is 0. The van der Waals surface area contributed by atoms with Crippen molar-refractivity contribution >= 4 is 11.8 Å². The van der Waals surface area contributed by atoms with Gasteiger partial charge in [0.25, 0.3) is 0 Å². The summed E-state index contributed by atoms with van der Waals surface area (Å²) in [5, 5.41) is 12.1. The van der Waals surface area contributed by atoms with Crippen LogP contribution in [0.3, 0.4) is 0 Å². The predicted octanol–water partition coefficient (Wildman–Crippen LogP) is -0.818. The number of carbonyl (C=O) groups is 2. The van der Waals surface area contributed by atoms with Crippen LogP contribution in [0.1, 0.15) is 25.7 Å². The molecule has 0 unspecified atom stereocenters. The lowest BCUT2D eigenvalue weighted by atomic mass is 10.1. The van der Waals surface area contributed by atoms with E-state index in [2.05, 4.69) is 5.32 Å². The molecular formula is C13H23N3O3. The first-order valence-corrected chi connectivity index (χ1v) is 7.10. The van der Waals surface area contributed by atoms with E-state index in [0.717, 1.165) is 51.9 Å². The molecule has 2 aliphatic rings. The fourth-order valence-corrected chi connectivity index (χ4v) is 2.59. The van der Waals surface area contributed by atoms with Crippen molar-refractivity contribution in [2.75, 3.05) is 39.3 Å². The van der Waals surface area contributed by atoms with Crippen LogP contribution in [0.2, 0.25) is 0 Å². The molecule has 0 saturated carbocycles. The smallest absolute Gasteiger partial charge is 0.241 e. The highest BCUT2D eigenvalue weighted by atomic mass is 16.3. The molecule has 2 rings (SSSR count). The van der Waals surface area contributed by atoms with Crippen LogP contribution in [0.15, 0.2) is 0 Å².